The number of rotatable bonds is 11. The van der Waals surface area contributed by atoms with Gasteiger partial charge in [-0.1, -0.05) is 91.2 Å². The molecule has 7 nitrogen and oxygen atoms in total. The standard InChI is InChI=1S/C35H36ClN3O4S/c36-28-15-6-12-26(22-28)24-38(31(23-25-10-2-1-3-11-25)35(41)37-29-16-4-5-17-29)33(40)20-9-21-39-30-18-7-13-27-14-8-19-32(34(27)30)44(39,42)43/h1-3,6-8,10-15,18-19,22,29,31H,4-5,9,16-17,20-21,23-24H2,(H,37,41)/t31-/m1/s1. The van der Waals surface area contributed by atoms with Gasteiger partial charge in [0.2, 0.25) is 11.8 Å². The molecule has 1 aliphatic heterocycles. The minimum atomic E-state index is -3.72. The van der Waals surface area contributed by atoms with E-state index in [2.05, 4.69) is 5.32 Å². The molecule has 0 spiro atoms. The van der Waals surface area contributed by atoms with Crippen LogP contribution in [0.25, 0.3) is 10.8 Å². The van der Waals surface area contributed by atoms with Crippen LogP contribution in [0.3, 0.4) is 0 Å². The van der Waals surface area contributed by atoms with Gasteiger partial charge in [0, 0.05) is 42.4 Å². The molecule has 1 saturated carbocycles. The molecule has 2 amide bonds. The molecule has 1 N–H and O–H groups in total. The summed E-state index contributed by atoms with van der Waals surface area (Å²) in [7, 11) is -3.72. The minimum absolute atomic E-state index is 0.0842. The summed E-state index contributed by atoms with van der Waals surface area (Å²) in [6.45, 7) is 0.367. The first-order valence-corrected chi connectivity index (χ1v) is 17.1. The maximum absolute atomic E-state index is 14.1. The van der Waals surface area contributed by atoms with Crippen LogP contribution in [0.4, 0.5) is 5.69 Å². The molecule has 44 heavy (non-hydrogen) atoms. The summed E-state index contributed by atoms with van der Waals surface area (Å²) < 4.78 is 28.4. The van der Waals surface area contributed by atoms with E-state index in [4.69, 9.17) is 11.6 Å². The zero-order chi connectivity index (χ0) is 30.7. The third kappa shape index (κ3) is 6.33. The zero-order valence-electron chi connectivity index (χ0n) is 24.5. The minimum Gasteiger partial charge on any atom is -0.352 e. The second-order valence-electron chi connectivity index (χ2n) is 11.7. The van der Waals surface area contributed by atoms with Gasteiger partial charge in [0.15, 0.2) is 0 Å². The van der Waals surface area contributed by atoms with E-state index in [1.165, 1.54) is 4.31 Å². The molecule has 9 heteroatoms. The van der Waals surface area contributed by atoms with E-state index in [0.717, 1.165) is 47.6 Å². The summed E-state index contributed by atoms with van der Waals surface area (Å²) in [6, 6.07) is 27.3. The Hall–Kier alpha value is -3.88. The van der Waals surface area contributed by atoms with E-state index in [-0.39, 0.29) is 37.4 Å². The topological polar surface area (TPSA) is 86.8 Å². The number of carbonyl (C=O) groups excluding carboxylic acids is 2. The maximum Gasteiger partial charge on any atom is 0.265 e. The second-order valence-corrected chi connectivity index (χ2v) is 13.9. The van der Waals surface area contributed by atoms with Crippen LogP contribution in [0.2, 0.25) is 5.02 Å². The molecule has 0 unspecified atom stereocenters. The highest BCUT2D eigenvalue weighted by molar-refractivity contribution is 7.93. The van der Waals surface area contributed by atoms with Crippen molar-refractivity contribution < 1.29 is 18.0 Å². The first-order valence-electron chi connectivity index (χ1n) is 15.2. The lowest BCUT2D eigenvalue weighted by molar-refractivity contribution is -0.141. The first-order chi connectivity index (χ1) is 21.3. The molecule has 0 radical (unpaired) electrons. The molecule has 0 saturated heterocycles. The molecule has 1 fully saturated rings. The Morgan fingerprint density at radius 3 is 2.36 bits per heavy atom. The van der Waals surface area contributed by atoms with Crippen LogP contribution in [-0.2, 0) is 32.6 Å². The molecule has 1 heterocycles. The van der Waals surface area contributed by atoms with Crippen molar-refractivity contribution in [3.63, 3.8) is 0 Å². The Morgan fingerprint density at radius 1 is 0.909 bits per heavy atom. The molecule has 0 aromatic heterocycles. The van der Waals surface area contributed by atoms with Crippen molar-refractivity contribution in [2.45, 2.75) is 68.5 Å². The van der Waals surface area contributed by atoms with Crippen molar-refractivity contribution in [1.29, 1.82) is 0 Å². The number of hydrogen-bond donors (Lipinski definition) is 1. The van der Waals surface area contributed by atoms with E-state index >= 15 is 0 Å². The summed E-state index contributed by atoms with van der Waals surface area (Å²) in [5.74, 6) is -0.375. The third-order valence-corrected chi connectivity index (χ3v) is 10.7. The fourth-order valence-corrected chi connectivity index (χ4v) is 8.43. The molecule has 1 aliphatic carbocycles. The van der Waals surface area contributed by atoms with Gasteiger partial charge in [0.05, 0.1) is 10.6 Å². The van der Waals surface area contributed by atoms with Crippen LogP contribution in [0.5, 0.6) is 0 Å². The largest absolute Gasteiger partial charge is 0.352 e. The van der Waals surface area contributed by atoms with E-state index in [1.54, 1.807) is 23.1 Å². The molecular formula is C35H36ClN3O4S. The van der Waals surface area contributed by atoms with Crippen molar-refractivity contribution >= 4 is 49.9 Å². The highest BCUT2D eigenvalue weighted by atomic mass is 35.5. The average Bonchev–Trinajstić information content (AvgIpc) is 3.61. The van der Waals surface area contributed by atoms with E-state index in [1.807, 2.05) is 72.8 Å². The molecule has 4 aromatic rings. The molecular weight excluding hydrogens is 594 g/mol. The van der Waals surface area contributed by atoms with Crippen LogP contribution < -0.4 is 9.62 Å². The van der Waals surface area contributed by atoms with Gasteiger partial charge >= 0.3 is 0 Å². The molecule has 1 atom stereocenters. The molecule has 6 rings (SSSR count). The van der Waals surface area contributed by atoms with Gasteiger partial charge in [-0.25, -0.2) is 8.42 Å². The van der Waals surface area contributed by atoms with E-state index in [9.17, 15) is 18.0 Å². The van der Waals surface area contributed by atoms with Crippen LogP contribution in [0, 0.1) is 0 Å². The number of hydrogen-bond acceptors (Lipinski definition) is 4. The second kappa shape index (κ2) is 13.0. The lowest BCUT2D eigenvalue weighted by Crippen LogP contribution is -2.52. The predicted octanol–water partition coefficient (Wildman–Crippen LogP) is 6.48. The van der Waals surface area contributed by atoms with Gasteiger partial charge < -0.3 is 10.2 Å². The monoisotopic (exact) mass is 629 g/mol. The van der Waals surface area contributed by atoms with Gasteiger partial charge in [0.1, 0.15) is 6.04 Å². The summed E-state index contributed by atoms with van der Waals surface area (Å²) in [5, 5.41) is 5.36. The maximum atomic E-state index is 14.1. The Kier molecular flexibility index (Phi) is 8.91. The average molecular weight is 630 g/mol. The van der Waals surface area contributed by atoms with Gasteiger partial charge in [-0.15, -0.1) is 0 Å². The summed E-state index contributed by atoms with van der Waals surface area (Å²) >= 11 is 6.30. The Bertz CT molecular complexity index is 1770. The van der Waals surface area contributed by atoms with Crippen molar-refractivity contribution in [1.82, 2.24) is 10.2 Å². The molecule has 228 valence electrons. The number of nitrogens with zero attached hydrogens (tertiary/aromatic N) is 2. The van der Waals surface area contributed by atoms with E-state index < -0.39 is 16.1 Å². The Balaban J connectivity index is 1.25. The fourth-order valence-electron chi connectivity index (χ4n) is 6.47. The van der Waals surface area contributed by atoms with Crippen LogP contribution in [0.15, 0.2) is 95.9 Å². The van der Waals surface area contributed by atoms with Crippen LogP contribution in [-0.4, -0.2) is 43.8 Å². The Labute approximate surface area is 263 Å². The molecule has 0 bridgehead atoms. The van der Waals surface area contributed by atoms with Gasteiger partial charge in [-0.2, -0.15) is 0 Å². The lowest BCUT2D eigenvalue weighted by atomic mass is 10.0. The number of nitrogens with one attached hydrogen (secondary N) is 1. The van der Waals surface area contributed by atoms with Crippen LogP contribution in [0.1, 0.15) is 49.7 Å². The number of amides is 2. The van der Waals surface area contributed by atoms with Crippen molar-refractivity contribution in [2.75, 3.05) is 10.8 Å². The first kappa shape index (κ1) is 30.2. The van der Waals surface area contributed by atoms with Crippen molar-refractivity contribution in [2.24, 2.45) is 0 Å². The zero-order valence-corrected chi connectivity index (χ0v) is 26.1. The number of anilines is 1. The van der Waals surface area contributed by atoms with Gasteiger partial charge in [-0.05, 0) is 60.0 Å². The number of halogens is 1. The number of carbonyl (C=O) groups is 2. The molecule has 2 aliphatic rings. The summed E-state index contributed by atoms with van der Waals surface area (Å²) in [6.07, 6.45) is 4.78. The number of sulfonamides is 1. The third-order valence-electron chi connectivity index (χ3n) is 8.65. The van der Waals surface area contributed by atoms with Crippen molar-refractivity contribution in [3.8, 4) is 0 Å². The van der Waals surface area contributed by atoms with Crippen molar-refractivity contribution in [3.05, 3.63) is 107 Å². The quantitative estimate of drug-likeness (QED) is 0.206. The highest BCUT2D eigenvalue weighted by Crippen LogP contribution is 2.42. The van der Waals surface area contributed by atoms with E-state index in [0.29, 0.717) is 28.4 Å². The van der Waals surface area contributed by atoms with Gasteiger partial charge in [-0.3, -0.25) is 13.9 Å². The Morgan fingerprint density at radius 2 is 1.61 bits per heavy atom. The van der Waals surface area contributed by atoms with Crippen LogP contribution >= 0.6 is 11.6 Å². The fraction of sp³-hybridized carbons (Fsp3) is 0.314. The summed E-state index contributed by atoms with van der Waals surface area (Å²) in [4.78, 5) is 29.9. The lowest BCUT2D eigenvalue weighted by Gasteiger charge is -2.32. The smallest absolute Gasteiger partial charge is 0.265 e. The normalized spacial score (nSPS) is 16.2. The SMILES string of the molecule is O=C(NC1CCCC1)[C@@H](Cc1ccccc1)N(Cc1cccc(Cl)c1)C(=O)CCCN1c2cccc3cccc(c23)S1(=O)=O. The van der Waals surface area contributed by atoms with Gasteiger partial charge in [0.25, 0.3) is 10.0 Å². The highest BCUT2D eigenvalue weighted by Gasteiger charge is 2.36. The summed E-state index contributed by atoms with van der Waals surface area (Å²) in [5.41, 5.74) is 2.41. The predicted molar refractivity (Wildman–Crippen MR) is 174 cm³/mol. The molecule has 4 aromatic carbocycles. The number of benzene rings is 4.